The largest absolute Gasteiger partial charge is 0.342 e. The molecule has 5 nitrogen and oxygen atoms in total. The first-order chi connectivity index (χ1) is 8.02. The zero-order chi connectivity index (χ0) is 12.8. The van der Waals surface area contributed by atoms with Crippen molar-refractivity contribution in [1.82, 2.24) is 15.1 Å². The van der Waals surface area contributed by atoms with Crippen LogP contribution in [0.5, 0.6) is 0 Å². The molecule has 1 saturated heterocycles. The van der Waals surface area contributed by atoms with E-state index < -0.39 is 0 Å². The molecular formula is C12H23N3O2. The molecule has 1 N–H and O–H groups in total. The highest BCUT2D eigenvalue weighted by Crippen LogP contribution is 2.06. The molecule has 0 aromatic rings. The van der Waals surface area contributed by atoms with Crippen molar-refractivity contribution in [2.75, 3.05) is 33.2 Å². The molecule has 5 heteroatoms. The predicted molar refractivity (Wildman–Crippen MR) is 66.6 cm³/mol. The standard InChI is InChI=1S/C12H23N3O2/c1-10(2)14(3)11(16)8-13-9-12(17)15-6-4-5-7-15/h10,13H,4-9H2,1-3H3. The summed E-state index contributed by atoms with van der Waals surface area (Å²) in [4.78, 5) is 26.8. The maximum atomic E-state index is 11.7. The van der Waals surface area contributed by atoms with Crippen LogP contribution >= 0.6 is 0 Å². The van der Waals surface area contributed by atoms with Crippen molar-refractivity contribution in [3.63, 3.8) is 0 Å². The minimum absolute atomic E-state index is 0.0224. The molecule has 0 aliphatic carbocycles. The Bertz CT molecular complexity index is 259. The van der Waals surface area contributed by atoms with Crippen LogP contribution in [-0.2, 0) is 9.59 Å². The van der Waals surface area contributed by atoms with Crippen molar-refractivity contribution in [3.8, 4) is 0 Å². The van der Waals surface area contributed by atoms with E-state index in [4.69, 9.17) is 0 Å². The predicted octanol–water partition coefficient (Wildman–Crippen LogP) is 0.0652. The molecule has 1 rings (SSSR count). The average molecular weight is 241 g/mol. The number of rotatable bonds is 5. The molecule has 0 aromatic heterocycles. The number of amides is 2. The summed E-state index contributed by atoms with van der Waals surface area (Å²) in [5.41, 5.74) is 0. The Kier molecular flexibility index (Phi) is 5.41. The maximum absolute atomic E-state index is 11.7. The molecule has 0 radical (unpaired) electrons. The highest BCUT2D eigenvalue weighted by Gasteiger charge is 2.18. The molecular weight excluding hydrogens is 218 g/mol. The number of carbonyl (C=O) groups is 2. The van der Waals surface area contributed by atoms with Gasteiger partial charge in [0.1, 0.15) is 0 Å². The molecule has 0 saturated carbocycles. The molecule has 2 amide bonds. The molecule has 0 unspecified atom stereocenters. The van der Waals surface area contributed by atoms with Crippen molar-refractivity contribution in [3.05, 3.63) is 0 Å². The van der Waals surface area contributed by atoms with E-state index in [2.05, 4.69) is 5.32 Å². The van der Waals surface area contributed by atoms with Crippen molar-refractivity contribution in [1.29, 1.82) is 0 Å². The summed E-state index contributed by atoms with van der Waals surface area (Å²) in [5, 5.41) is 2.92. The van der Waals surface area contributed by atoms with E-state index in [0.29, 0.717) is 0 Å². The highest BCUT2D eigenvalue weighted by atomic mass is 16.2. The van der Waals surface area contributed by atoms with E-state index in [1.54, 1.807) is 11.9 Å². The number of nitrogens with one attached hydrogen (secondary N) is 1. The number of hydrogen-bond donors (Lipinski definition) is 1. The third kappa shape index (κ3) is 4.34. The summed E-state index contributed by atoms with van der Waals surface area (Å²) in [5.74, 6) is 0.122. The van der Waals surface area contributed by atoms with Crippen LogP contribution in [0, 0.1) is 0 Å². The number of hydrogen-bond acceptors (Lipinski definition) is 3. The minimum Gasteiger partial charge on any atom is -0.342 e. The fourth-order valence-electron chi connectivity index (χ4n) is 1.77. The normalized spacial score (nSPS) is 15.4. The second-order valence-corrected chi connectivity index (χ2v) is 4.79. The van der Waals surface area contributed by atoms with Gasteiger partial charge in [0, 0.05) is 26.2 Å². The Morgan fingerprint density at radius 1 is 1.24 bits per heavy atom. The lowest BCUT2D eigenvalue weighted by atomic mass is 10.3. The van der Waals surface area contributed by atoms with Crippen LogP contribution in [0.4, 0.5) is 0 Å². The number of carbonyl (C=O) groups excluding carboxylic acids is 2. The van der Waals surface area contributed by atoms with Crippen LogP contribution in [0.1, 0.15) is 26.7 Å². The van der Waals surface area contributed by atoms with Gasteiger partial charge in [-0.15, -0.1) is 0 Å². The van der Waals surface area contributed by atoms with Crippen LogP contribution in [0.25, 0.3) is 0 Å². The smallest absolute Gasteiger partial charge is 0.236 e. The van der Waals surface area contributed by atoms with Gasteiger partial charge in [-0.3, -0.25) is 14.9 Å². The SMILES string of the molecule is CC(C)N(C)C(=O)CNCC(=O)N1CCCC1. The van der Waals surface area contributed by atoms with Crippen LogP contribution in [0.15, 0.2) is 0 Å². The van der Waals surface area contributed by atoms with E-state index in [0.717, 1.165) is 25.9 Å². The fraction of sp³-hybridized carbons (Fsp3) is 0.833. The Balaban J connectivity index is 2.18. The van der Waals surface area contributed by atoms with Crippen LogP contribution < -0.4 is 5.32 Å². The van der Waals surface area contributed by atoms with Gasteiger partial charge < -0.3 is 9.80 Å². The van der Waals surface area contributed by atoms with Gasteiger partial charge in [0.2, 0.25) is 11.8 Å². The number of likely N-dealkylation sites (N-methyl/N-ethyl adjacent to an activating group) is 1. The lowest BCUT2D eigenvalue weighted by Crippen LogP contribution is -2.43. The van der Waals surface area contributed by atoms with E-state index in [9.17, 15) is 9.59 Å². The quantitative estimate of drug-likeness (QED) is 0.741. The highest BCUT2D eigenvalue weighted by molar-refractivity contribution is 5.81. The number of nitrogens with zero attached hydrogens (tertiary/aromatic N) is 2. The molecule has 1 aliphatic heterocycles. The van der Waals surface area contributed by atoms with Crippen molar-refractivity contribution < 1.29 is 9.59 Å². The van der Waals surface area contributed by atoms with Crippen molar-refractivity contribution in [2.45, 2.75) is 32.7 Å². The van der Waals surface area contributed by atoms with Gasteiger partial charge >= 0.3 is 0 Å². The summed E-state index contributed by atoms with van der Waals surface area (Å²) in [6.45, 7) is 6.15. The zero-order valence-electron chi connectivity index (χ0n) is 11.0. The van der Waals surface area contributed by atoms with Gasteiger partial charge in [-0.05, 0) is 26.7 Å². The van der Waals surface area contributed by atoms with Gasteiger partial charge in [0.05, 0.1) is 13.1 Å². The van der Waals surface area contributed by atoms with Gasteiger partial charge in [0.15, 0.2) is 0 Å². The fourth-order valence-corrected chi connectivity index (χ4v) is 1.77. The van der Waals surface area contributed by atoms with E-state index in [1.165, 1.54) is 0 Å². The molecule has 1 fully saturated rings. The second-order valence-electron chi connectivity index (χ2n) is 4.79. The van der Waals surface area contributed by atoms with Crippen molar-refractivity contribution in [2.24, 2.45) is 0 Å². The topological polar surface area (TPSA) is 52.7 Å². The maximum Gasteiger partial charge on any atom is 0.236 e. The Hall–Kier alpha value is -1.10. The molecule has 1 heterocycles. The Morgan fingerprint density at radius 3 is 2.35 bits per heavy atom. The van der Waals surface area contributed by atoms with E-state index >= 15 is 0 Å². The van der Waals surface area contributed by atoms with E-state index in [-0.39, 0.29) is 30.9 Å². The van der Waals surface area contributed by atoms with Crippen LogP contribution in [0.2, 0.25) is 0 Å². The summed E-state index contributed by atoms with van der Waals surface area (Å²) < 4.78 is 0. The molecule has 98 valence electrons. The summed E-state index contributed by atoms with van der Waals surface area (Å²) in [7, 11) is 1.77. The summed E-state index contributed by atoms with van der Waals surface area (Å²) >= 11 is 0. The van der Waals surface area contributed by atoms with Gasteiger partial charge in [-0.25, -0.2) is 0 Å². The summed E-state index contributed by atoms with van der Waals surface area (Å²) in [6.07, 6.45) is 2.20. The Labute approximate surface area is 103 Å². The van der Waals surface area contributed by atoms with Gasteiger partial charge in [0.25, 0.3) is 0 Å². The molecule has 0 aromatic carbocycles. The minimum atomic E-state index is 0.0224. The first kappa shape index (κ1) is 14.0. The van der Waals surface area contributed by atoms with Crippen molar-refractivity contribution >= 4 is 11.8 Å². The van der Waals surface area contributed by atoms with Gasteiger partial charge in [-0.1, -0.05) is 0 Å². The van der Waals surface area contributed by atoms with Crippen LogP contribution in [0.3, 0.4) is 0 Å². The third-order valence-electron chi connectivity index (χ3n) is 3.18. The molecule has 1 aliphatic rings. The molecule has 0 atom stereocenters. The summed E-state index contributed by atoms with van der Waals surface area (Å²) in [6, 6.07) is 0.193. The van der Waals surface area contributed by atoms with E-state index in [1.807, 2.05) is 18.7 Å². The first-order valence-electron chi connectivity index (χ1n) is 6.26. The average Bonchev–Trinajstić information content (AvgIpc) is 2.80. The second kappa shape index (κ2) is 6.59. The van der Waals surface area contributed by atoms with Gasteiger partial charge in [-0.2, -0.15) is 0 Å². The van der Waals surface area contributed by atoms with Crippen LogP contribution in [-0.4, -0.2) is 60.9 Å². The first-order valence-corrected chi connectivity index (χ1v) is 6.26. The molecule has 0 spiro atoms. The zero-order valence-corrected chi connectivity index (χ0v) is 11.0. The lowest BCUT2D eigenvalue weighted by molar-refractivity contribution is -0.131. The number of likely N-dealkylation sites (tertiary alicyclic amines) is 1. The molecule has 0 bridgehead atoms. The third-order valence-corrected chi connectivity index (χ3v) is 3.18. The molecule has 17 heavy (non-hydrogen) atoms. The Morgan fingerprint density at radius 2 is 1.82 bits per heavy atom. The lowest BCUT2D eigenvalue weighted by Gasteiger charge is -2.22. The monoisotopic (exact) mass is 241 g/mol.